The third kappa shape index (κ3) is 4.63. The Labute approximate surface area is 186 Å². The van der Waals surface area contributed by atoms with Crippen molar-refractivity contribution in [3.05, 3.63) is 70.9 Å². The maximum atomic E-state index is 13.0. The van der Waals surface area contributed by atoms with Crippen LogP contribution < -0.4 is 0 Å². The average Bonchev–Trinajstić information content (AvgIpc) is 3.05. The highest BCUT2D eigenvalue weighted by Gasteiger charge is 2.34. The van der Waals surface area contributed by atoms with E-state index < -0.39 is 0 Å². The van der Waals surface area contributed by atoms with Crippen molar-refractivity contribution in [3.63, 3.8) is 0 Å². The predicted molar refractivity (Wildman–Crippen MR) is 123 cm³/mol. The van der Waals surface area contributed by atoms with Crippen LogP contribution in [0.2, 0.25) is 0 Å². The van der Waals surface area contributed by atoms with Gasteiger partial charge in [-0.2, -0.15) is 0 Å². The van der Waals surface area contributed by atoms with Crippen molar-refractivity contribution in [2.75, 3.05) is 13.1 Å². The van der Waals surface area contributed by atoms with Gasteiger partial charge in [-0.3, -0.25) is 19.5 Å². The first-order chi connectivity index (χ1) is 14.6. The standard InChI is InChI=1S/C23H23N3O2S2/c27-21(25-13-5-4-10-19(25)18-9-6-12-24-16-18)11-14-26-22(28)20(30-23(26)29)15-17-7-2-1-3-8-17/h1-3,6-9,12,15-16,19H,4-5,10-11,13-14H2/t19-/m0/s1. The summed E-state index contributed by atoms with van der Waals surface area (Å²) in [5, 5.41) is 0. The van der Waals surface area contributed by atoms with E-state index >= 15 is 0 Å². The van der Waals surface area contributed by atoms with Crippen LogP contribution in [0.25, 0.3) is 6.08 Å². The largest absolute Gasteiger partial charge is 0.336 e. The summed E-state index contributed by atoms with van der Waals surface area (Å²) in [6.45, 7) is 1.05. The lowest BCUT2D eigenvalue weighted by atomic mass is 9.96. The first-order valence-electron chi connectivity index (χ1n) is 10.1. The maximum Gasteiger partial charge on any atom is 0.266 e. The van der Waals surface area contributed by atoms with Crippen LogP contribution in [0.1, 0.15) is 42.9 Å². The molecule has 3 heterocycles. The fourth-order valence-electron chi connectivity index (χ4n) is 3.89. The second-order valence-electron chi connectivity index (χ2n) is 7.38. The zero-order valence-electron chi connectivity index (χ0n) is 16.6. The Bertz CT molecular complexity index is 963. The molecule has 0 bridgehead atoms. The first kappa shape index (κ1) is 20.8. The highest BCUT2D eigenvalue weighted by atomic mass is 32.2. The van der Waals surface area contributed by atoms with Gasteiger partial charge >= 0.3 is 0 Å². The van der Waals surface area contributed by atoms with Crippen molar-refractivity contribution in [3.8, 4) is 0 Å². The summed E-state index contributed by atoms with van der Waals surface area (Å²) < 4.78 is 0.512. The molecule has 30 heavy (non-hydrogen) atoms. The molecule has 2 fully saturated rings. The van der Waals surface area contributed by atoms with Gasteiger partial charge in [0, 0.05) is 31.9 Å². The van der Waals surface area contributed by atoms with Crippen molar-refractivity contribution in [1.82, 2.24) is 14.8 Å². The number of carbonyl (C=O) groups is 2. The molecule has 1 aromatic heterocycles. The molecule has 4 rings (SSSR count). The van der Waals surface area contributed by atoms with E-state index in [1.165, 1.54) is 11.8 Å². The van der Waals surface area contributed by atoms with Crippen LogP contribution in [-0.2, 0) is 9.59 Å². The number of carbonyl (C=O) groups excluding carboxylic acids is 2. The van der Waals surface area contributed by atoms with Gasteiger partial charge in [0.1, 0.15) is 4.32 Å². The van der Waals surface area contributed by atoms with E-state index in [2.05, 4.69) is 4.98 Å². The van der Waals surface area contributed by atoms with Crippen molar-refractivity contribution in [1.29, 1.82) is 0 Å². The van der Waals surface area contributed by atoms with Crippen LogP contribution in [0.5, 0.6) is 0 Å². The topological polar surface area (TPSA) is 53.5 Å². The third-order valence-electron chi connectivity index (χ3n) is 5.41. The Balaban J connectivity index is 1.41. The van der Waals surface area contributed by atoms with Crippen LogP contribution in [0.3, 0.4) is 0 Å². The van der Waals surface area contributed by atoms with Crippen LogP contribution >= 0.6 is 24.0 Å². The molecule has 0 spiro atoms. The molecule has 2 saturated heterocycles. The fraction of sp³-hybridized carbons (Fsp3) is 0.304. The molecule has 2 aliphatic heterocycles. The van der Waals surface area contributed by atoms with Crippen molar-refractivity contribution >= 4 is 46.2 Å². The summed E-state index contributed by atoms with van der Waals surface area (Å²) in [7, 11) is 0. The number of amides is 2. The molecule has 2 aliphatic rings. The van der Waals surface area contributed by atoms with E-state index in [-0.39, 0.29) is 24.3 Å². The molecule has 1 aromatic carbocycles. The molecule has 2 amide bonds. The van der Waals surface area contributed by atoms with Gasteiger partial charge in [-0.05, 0) is 42.5 Å². The van der Waals surface area contributed by atoms with Gasteiger partial charge in [0.15, 0.2) is 0 Å². The van der Waals surface area contributed by atoms with Gasteiger partial charge in [-0.15, -0.1) is 0 Å². The van der Waals surface area contributed by atoms with Crippen molar-refractivity contribution in [2.45, 2.75) is 31.7 Å². The lowest BCUT2D eigenvalue weighted by molar-refractivity contribution is -0.135. The molecular weight excluding hydrogens is 414 g/mol. The Morgan fingerprint density at radius 2 is 2.03 bits per heavy atom. The minimum atomic E-state index is -0.121. The number of thioether (sulfide) groups is 1. The number of hydrogen-bond acceptors (Lipinski definition) is 5. The number of pyridine rings is 1. The summed E-state index contributed by atoms with van der Waals surface area (Å²) in [6.07, 6.45) is 8.75. The van der Waals surface area contributed by atoms with Crippen LogP contribution in [-0.4, -0.2) is 44.0 Å². The summed E-state index contributed by atoms with van der Waals surface area (Å²) in [4.78, 5) is 34.1. The lowest BCUT2D eigenvalue weighted by Gasteiger charge is -2.36. The molecule has 5 nitrogen and oxygen atoms in total. The van der Waals surface area contributed by atoms with E-state index in [1.807, 2.05) is 59.6 Å². The molecule has 1 atom stereocenters. The van der Waals surface area contributed by atoms with Crippen molar-refractivity contribution < 1.29 is 9.59 Å². The fourth-order valence-corrected chi connectivity index (χ4v) is 5.20. The number of rotatable bonds is 5. The number of thiocarbonyl (C=S) groups is 1. The van der Waals surface area contributed by atoms with Gasteiger partial charge in [0.05, 0.1) is 10.9 Å². The van der Waals surface area contributed by atoms with E-state index in [9.17, 15) is 9.59 Å². The van der Waals surface area contributed by atoms with E-state index in [0.29, 0.717) is 15.8 Å². The summed E-state index contributed by atoms with van der Waals surface area (Å²) >= 11 is 6.71. The van der Waals surface area contributed by atoms with Crippen molar-refractivity contribution in [2.24, 2.45) is 0 Å². The third-order valence-corrected chi connectivity index (χ3v) is 6.79. The summed E-state index contributed by atoms with van der Waals surface area (Å²) in [6, 6.07) is 13.7. The minimum Gasteiger partial charge on any atom is -0.336 e. The molecule has 0 aliphatic carbocycles. The van der Waals surface area contributed by atoms with Gasteiger partial charge < -0.3 is 4.90 Å². The normalized spacial score (nSPS) is 20.8. The second-order valence-corrected chi connectivity index (χ2v) is 9.05. The number of aromatic nitrogens is 1. The predicted octanol–water partition coefficient (Wildman–Crippen LogP) is 4.43. The van der Waals surface area contributed by atoms with Crippen LogP contribution in [0.15, 0.2) is 59.8 Å². The second kappa shape index (κ2) is 9.53. The first-order valence-corrected chi connectivity index (χ1v) is 11.4. The zero-order chi connectivity index (χ0) is 20.9. The van der Waals surface area contributed by atoms with Gasteiger partial charge in [-0.1, -0.05) is 60.4 Å². The molecule has 0 unspecified atom stereocenters. The molecular formula is C23H23N3O2S2. The Morgan fingerprint density at radius 1 is 1.20 bits per heavy atom. The average molecular weight is 438 g/mol. The van der Waals surface area contributed by atoms with Crippen LogP contribution in [0, 0.1) is 0 Å². The highest BCUT2D eigenvalue weighted by Crippen LogP contribution is 2.34. The zero-order valence-corrected chi connectivity index (χ0v) is 18.2. The molecule has 7 heteroatoms. The molecule has 0 saturated carbocycles. The SMILES string of the molecule is O=C1C(=Cc2ccccc2)SC(=S)N1CCC(=O)N1CCCC[C@H]1c1cccnc1. The number of benzene rings is 1. The smallest absolute Gasteiger partial charge is 0.266 e. The lowest BCUT2D eigenvalue weighted by Crippen LogP contribution is -2.40. The van der Waals surface area contributed by atoms with E-state index in [0.717, 1.165) is 36.9 Å². The minimum absolute atomic E-state index is 0.0593. The Hall–Kier alpha value is -2.51. The highest BCUT2D eigenvalue weighted by molar-refractivity contribution is 8.26. The van der Waals surface area contributed by atoms with E-state index in [1.54, 1.807) is 11.1 Å². The van der Waals surface area contributed by atoms with Gasteiger partial charge in [0.25, 0.3) is 5.91 Å². The van der Waals surface area contributed by atoms with Gasteiger partial charge in [-0.25, -0.2) is 0 Å². The van der Waals surface area contributed by atoms with E-state index in [4.69, 9.17) is 12.2 Å². The maximum absolute atomic E-state index is 13.0. The Morgan fingerprint density at radius 3 is 2.80 bits per heavy atom. The molecule has 154 valence electrons. The molecule has 0 radical (unpaired) electrons. The quantitative estimate of drug-likeness (QED) is 0.512. The Kier molecular flexibility index (Phi) is 6.59. The summed E-state index contributed by atoms with van der Waals surface area (Å²) in [5.74, 6) is -0.0613. The van der Waals surface area contributed by atoms with Crippen LogP contribution in [0.4, 0.5) is 0 Å². The molecule has 0 N–H and O–H groups in total. The monoisotopic (exact) mass is 437 g/mol. The number of piperidine rings is 1. The number of hydrogen-bond donors (Lipinski definition) is 0. The van der Waals surface area contributed by atoms with Gasteiger partial charge in [0.2, 0.25) is 5.91 Å². The number of likely N-dealkylation sites (tertiary alicyclic amines) is 1. The number of nitrogens with zero attached hydrogens (tertiary/aromatic N) is 3. The molecule has 2 aromatic rings. The summed E-state index contributed by atoms with van der Waals surface area (Å²) in [5.41, 5.74) is 2.03.